The second kappa shape index (κ2) is 4.62. The third kappa shape index (κ3) is 3.46. The van der Waals surface area contributed by atoms with E-state index >= 15 is 0 Å². The zero-order valence-electron chi connectivity index (χ0n) is 10.7. The zero-order chi connectivity index (χ0) is 12.5. The minimum absolute atomic E-state index is 0.395. The largest absolute Gasteiger partial charge is 0.390 e. The topological polar surface area (TPSA) is 20.2 Å². The van der Waals surface area contributed by atoms with E-state index in [1.54, 1.807) is 0 Å². The van der Waals surface area contributed by atoms with Gasteiger partial charge in [-0.05, 0) is 48.8 Å². The lowest BCUT2D eigenvalue weighted by Crippen LogP contribution is -2.38. The molecule has 0 unspecified atom stereocenters. The van der Waals surface area contributed by atoms with Gasteiger partial charge in [0.1, 0.15) is 0 Å². The Balaban J connectivity index is 2.01. The van der Waals surface area contributed by atoms with Crippen molar-refractivity contribution < 1.29 is 5.11 Å². The molecule has 2 heteroatoms. The van der Waals surface area contributed by atoms with Crippen LogP contribution in [-0.2, 0) is 6.42 Å². The first-order valence-corrected chi connectivity index (χ1v) is 6.73. The molecule has 0 radical (unpaired) electrons. The molecule has 1 aromatic rings. The Bertz CT molecular complexity index is 370. The van der Waals surface area contributed by atoms with Crippen LogP contribution in [0.3, 0.4) is 0 Å². The summed E-state index contributed by atoms with van der Waals surface area (Å²) in [4.78, 5) is 0. The SMILES string of the molecule is CC1(C)CCC(O)(Cc2ccc(Cl)cc2)CC1. The Labute approximate surface area is 109 Å². The molecule has 1 aromatic carbocycles. The van der Waals surface area contributed by atoms with Gasteiger partial charge < -0.3 is 5.11 Å². The number of benzene rings is 1. The summed E-state index contributed by atoms with van der Waals surface area (Å²) in [5, 5.41) is 11.3. The molecular weight excluding hydrogens is 232 g/mol. The normalized spacial score (nSPS) is 22.4. The maximum absolute atomic E-state index is 10.6. The highest BCUT2D eigenvalue weighted by molar-refractivity contribution is 6.30. The molecule has 1 fully saturated rings. The van der Waals surface area contributed by atoms with Gasteiger partial charge >= 0.3 is 0 Å². The monoisotopic (exact) mass is 252 g/mol. The van der Waals surface area contributed by atoms with Crippen molar-refractivity contribution >= 4 is 11.6 Å². The summed E-state index contributed by atoms with van der Waals surface area (Å²) >= 11 is 5.86. The maximum atomic E-state index is 10.6. The Morgan fingerprint density at radius 3 is 2.12 bits per heavy atom. The van der Waals surface area contributed by atoms with Crippen LogP contribution >= 0.6 is 11.6 Å². The van der Waals surface area contributed by atoms with E-state index in [-0.39, 0.29) is 0 Å². The van der Waals surface area contributed by atoms with Crippen LogP contribution in [0.4, 0.5) is 0 Å². The summed E-state index contributed by atoms with van der Waals surface area (Å²) in [6.45, 7) is 4.57. The Morgan fingerprint density at radius 2 is 1.59 bits per heavy atom. The number of halogens is 1. The molecule has 0 aromatic heterocycles. The Morgan fingerprint density at radius 1 is 1.06 bits per heavy atom. The van der Waals surface area contributed by atoms with E-state index in [0.29, 0.717) is 5.41 Å². The Hall–Kier alpha value is -0.530. The molecule has 0 saturated heterocycles. The van der Waals surface area contributed by atoms with Gasteiger partial charge in [-0.15, -0.1) is 0 Å². The molecule has 1 aliphatic rings. The van der Waals surface area contributed by atoms with Crippen molar-refractivity contribution in [3.8, 4) is 0 Å². The van der Waals surface area contributed by atoms with E-state index in [4.69, 9.17) is 11.6 Å². The fourth-order valence-corrected chi connectivity index (χ4v) is 2.68. The molecule has 0 heterocycles. The summed E-state index contributed by atoms with van der Waals surface area (Å²) in [5.74, 6) is 0. The fraction of sp³-hybridized carbons (Fsp3) is 0.600. The van der Waals surface area contributed by atoms with Gasteiger partial charge in [0, 0.05) is 11.4 Å². The predicted octanol–water partition coefficient (Wildman–Crippen LogP) is 4.21. The smallest absolute Gasteiger partial charge is 0.0688 e. The van der Waals surface area contributed by atoms with Crippen molar-refractivity contribution in [1.82, 2.24) is 0 Å². The molecule has 1 N–H and O–H groups in total. The number of hydrogen-bond acceptors (Lipinski definition) is 1. The lowest BCUT2D eigenvalue weighted by atomic mass is 9.69. The van der Waals surface area contributed by atoms with Crippen molar-refractivity contribution in [2.45, 2.75) is 51.6 Å². The molecular formula is C15H21ClO. The van der Waals surface area contributed by atoms with Crippen LogP contribution in [0, 0.1) is 5.41 Å². The summed E-state index contributed by atoms with van der Waals surface area (Å²) in [6, 6.07) is 7.82. The second-order valence-electron chi connectivity index (χ2n) is 6.19. The molecule has 94 valence electrons. The Kier molecular flexibility index (Phi) is 3.51. The molecule has 0 amide bonds. The standard InChI is InChI=1S/C15H21ClO/c1-14(2)7-9-15(17,10-8-14)11-12-3-5-13(16)6-4-12/h3-6,17H,7-11H2,1-2H3. The first-order chi connectivity index (χ1) is 7.89. The van der Waals surface area contributed by atoms with Crippen LogP contribution in [0.5, 0.6) is 0 Å². The van der Waals surface area contributed by atoms with Crippen molar-refractivity contribution in [2.75, 3.05) is 0 Å². The van der Waals surface area contributed by atoms with Gasteiger partial charge in [0.25, 0.3) is 0 Å². The van der Waals surface area contributed by atoms with Gasteiger partial charge in [-0.2, -0.15) is 0 Å². The third-order valence-electron chi connectivity index (χ3n) is 3.98. The van der Waals surface area contributed by atoms with Crippen LogP contribution in [0.25, 0.3) is 0 Å². The minimum Gasteiger partial charge on any atom is -0.390 e. The lowest BCUT2D eigenvalue weighted by molar-refractivity contribution is -0.0251. The highest BCUT2D eigenvalue weighted by Gasteiger charge is 2.36. The van der Waals surface area contributed by atoms with E-state index in [0.717, 1.165) is 37.1 Å². The van der Waals surface area contributed by atoms with Gasteiger partial charge in [0.05, 0.1) is 5.60 Å². The molecule has 0 spiro atoms. The number of hydrogen-bond donors (Lipinski definition) is 1. The highest BCUT2D eigenvalue weighted by atomic mass is 35.5. The average Bonchev–Trinajstić information content (AvgIpc) is 2.27. The molecule has 0 atom stereocenters. The van der Waals surface area contributed by atoms with E-state index in [1.807, 2.05) is 24.3 Å². The third-order valence-corrected chi connectivity index (χ3v) is 4.23. The summed E-state index contributed by atoms with van der Waals surface area (Å²) in [7, 11) is 0. The molecule has 17 heavy (non-hydrogen) atoms. The van der Waals surface area contributed by atoms with Crippen molar-refractivity contribution in [1.29, 1.82) is 0 Å². The van der Waals surface area contributed by atoms with Gasteiger partial charge in [-0.3, -0.25) is 0 Å². The lowest BCUT2D eigenvalue weighted by Gasteiger charge is -2.40. The highest BCUT2D eigenvalue weighted by Crippen LogP contribution is 2.41. The van der Waals surface area contributed by atoms with Gasteiger partial charge in [-0.25, -0.2) is 0 Å². The fourth-order valence-electron chi connectivity index (χ4n) is 2.55. The summed E-state index contributed by atoms with van der Waals surface area (Å²) < 4.78 is 0. The number of aliphatic hydroxyl groups is 1. The zero-order valence-corrected chi connectivity index (χ0v) is 11.4. The van der Waals surface area contributed by atoms with E-state index in [9.17, 15) is 5.11 Å². The first kappa shape index (κ1) is 12.9. The van der Waals surface area contributed by atoms with E-state index in [1.165, 1.54) is 5.56 Å². The van der Waals surface area contributed by atoms with E-state index in [2.05, 4.69) is 13.8 Å². The summed E-state index contributed by atoms with van der Waals surface area (Å²) in [5.41, 5.74) is 1.06. The quantitative estimate of drug-likeness (QED) is 0.836. The molecule has 0 bridgehead atoms. The van der Waals surface area contributed by atoms with Crippen LogP contribution in [-0.4, -0.2) is 10.7 Å². The van der Waals surface area contributed by atoms with Gasteiger partial charge in [0.2, 0.25) is 0 Å². The molecule has 1 saturated carbocycles. The van der Waals surface area contributed by atoms with E-state index < -0.39 is 5.60 Å². The van der Waals surface area contributed by atoms with Gasteiger partial charge in [-0.1, -0.05) is 37.6 Å². The van der Waals surface area contributed by atoms with Crippen molar-refractivity contribution in [2.24, 2.45) is 5.41 Å². The first-order valence-electron chi connectivity index (χ1n) is 6.36. The number of rotatable bonds is 2. The second-order valence-corrected chi connectivity index (χ2v) is 6.63. The molecule has 1 nitrogen and oxygen atoms in total. The van der Waals surface area contributed by atoms with Crippen LogP contribution < -0.4 is 0 Å². The molecule has 1 aliphatic carbocycles. The van der Waals surface area contributed by atoms with Crippen molar-refractivity contribution in [3.05, 3.63) is 34.9 Å². The maximum Gasteiger partial charge on any atom is 0.0688 e. The summed E-state index contributed by atoms with van der Waals surface area (Å²) in [6.07, 6.45) is 4.78. The van der Waals surface area contributed by atoms with Crippen molar-refractivity contribution in [3.63, 3.8) is 0 Å². The predicted molar refractivity (Wildman–Crippen MR) is 72.4 cm³/mol. The molecule has 0 aliphatic heterocycles. The van der Waals surface area contributed by atoms with Crippen LogP contribution in [0.2, 0.25) is 5.02 Å². The van der Waals surface area contributed by atoms with Crippen LogP contribution in [0.15, 0.2) is 24.3 Å². The minimum atomic E-state index is -0.511. The average molecular weight is 253 g/mol. The van der Waals surface area contributed by atoms with Crippen LogP contribution in [0.1, 0.15) is 45.1 Å². The van der Waals surface area contributed by atoms with Gasteiger partial charge in [0.15, 0.2) is 0 Å². The molecule has 2 rings (SSSR count).